The van der Waals surface area contributed by atoms with Crippen molar-refractivity contribution in [2.75, 3.05) is 36.8 Å². The maximum atomic E-state index is 13.0. The second kappa shape index (κ2) is 8.27. The van der Waals surface area contributed by atoms with E-state index in [0.29, 0.717) is 11.4 Å². The maximum Gasteiger partial charge on any atom is 0.270 e. The van der Waals surface area contributed by atoms with Gasteiger partial charge in [-0.15, -0.1) is 11.8 Å². The minimum Gasteiger partial charge on any atom is -0.502 e. The predicted octanol–water partition coefficient (Wildman–Crippen LogP) is 2.74. The Balaban J connectivity index is 1.84. The summed E-state index contributed by atoms with van der Waals surface area (Å²) in [4.78, 5) is 25.4. The van der Waals surface area contributed by atoms with Gasteiger partial charge in [-0.25, -0.2) is 0 Å². The lowest BCUT2D eigenvalue weighted by molar-refractivity contribution is -0.113. The number of ether oxygens (including phenoxy) is 2. The molecule has 3 N–H and O–H groups in total. The van der Waals surface area contributed by atoms with E-state index >= 15 is 0 Å². The largest absolute Gasteiger partial charge is 0.502 e. The Bertz CT molecular complexity index is 956. The highest BCUT2D eigenvalue weighted by molar-refractivity contribution is 8.00. The second-order valence-electron chi connectivity index (χ2n) is 6.93. The van der Waals surface area contributed by atoms with Gasteiger partial charge in [-0.05, 0) is 42.0 Å². The van der Waals surface area contributed by atoms with Crippen molar-refractivity contribution in [2.45, 2.75) is 24.1 Å². The zero-order chi connectivity index (χ0) is 20.5. The summed E-state index contributed by atoms with van der Waals surface area (Å²) in [6.45, 7) is 0. The number of phenols is 1. The summed E-state index contributed by atoms with van der Waals surface area (Å²) >= 11 is 3.26. The molecule has 2 aliphatic heterocycles. The SMILES string of the molecule is COc1cc(C2SCC(=O)Nc3c2c(=O)[nH]n3C2CCSCC2)cc(OC)c1O. The van der Waals surface area contributed by atoms with Crippen LogP contribution in [0, 0.1) is 0 Å². The molecule has 0 spiro atoms. The summed E-state index contributed by atoms with van der Waals surface area (Å²) in [5.41, 5.74) is 1.01. The van der Waals surface area contributed by atoms with E-state index in [1.165, 1.54) is 26.0 Å². The molecular formula is C19H23N3O5S2. The third kappa shape index (κ3) is 3.71. The third-order valence-corrected chi connectivity index (χ3v) is 7.54. The fourth-order valence-corrected chi connectivity index (χ4v) is 5.98. The number of fused-ring (bicyclic) bond motifs is 1. The van der Waals surface area contributed by atoms with E-state index in [0.717, 1.165) is 29.9 Å². The summed E-state index contributed by atoms with van der Waals surface area (Å²) in [5.74, 6) is 3.07. The summed E-state index contributed by atoms with van der Waals surface area (Å²) in [7, 11) is 2.92. The number of hydrogen-bond donors (Lipinski definition) is 3. The van der Waals surface area contributed by atoms with Crippen LogP contribution < -0.4 is 20.3 Å². The van der Waals surface area contributed by atoms with E-state index in [4.69, 9.17) is 9.47 Å². The van der Waals surface area contributed by atoms with Crippen LogP contribution >= 0.6 is 23.5 Å². The zero-order valence-electron chi connectivity index (χ0n) is 16.2. The van der Waals surface area contributed by atoms with E-state index < -0.39 is 5.25 Å². The monoisotopic (exact) mass is 437 g/mol. The summed E-state index contributed by atoms with van der Waals surface area (Å²) in [6.07, 6.45) is 1.88. The van der Waals surface area contributed by atoms with Crippen LogP contribution in [-0.2, 0) is 4.79 Å². The molecular weight excluding hydrogens is 414 g/mol. The highest BCUT2D eigenvalue weighted by atomic mass is 32.2. The van der Waals surface area contributed by atoms with Gasteiger partial charge in [0.25, 0.3) is 5.56 Å². The number of nitrogens with zero attached hydrogens (tertiary/aromatic N) is 1. The molecule has 2 aromatic rings. The van der Waals surface area contributed by atoms with Crippen molar-refractivity contribution in [1.29, 1.82) is 0 Å². The minimum atomic E-state index is -0.407. The molecule has 3 heterocycles. The van der Waals surface area contributed by atoms with Gasteiger partial charge in [-0.3, -0.25) is 19.4 Å². The lowest BCUT2D eigenvalue weighted by Gasteiger charge is -2.24. The first-order chi connectivity index (χ1) is 14.0. The second-order valence-corrected chi connectivity index (χ2v) is 9.25. The van der Waals surface area contributed by atoms with Gasteiger partial charge in [-0.1, -0.05) is 0 Å². The third-order valence-electron chi connectivity index (χ3n) is 5.22. The normalized spacial score (nSPS) is 19.9. The van der Waals surface area contributed by atoms with E-state index in [1.54, 1.807) is 12.1 Å². The Morgan fingerprint density at radius 2 is 1.79 bits per heavy atom. The highest BCUT2D eigenvalue weighted by Gasteiger charge is 2.33. The molecule has 8 nitrogen and oxygen atoms in total. The van der Waals surface area contributed by atoms with Crippen LogP contribution in [0.25, 0.3) is 0 Å². The number of methoxy groups -OCH3 is 2. The number of hydrogen-bond acceptors (Lipinski definition) is 7. The number of aromatic amines is 1. The molecule has 1 saturated heterocycles. The molecule has 0 saturated carbocycles. The molecule has 29 heavy (non-hydrogen) atoms. The van der Waals surface area contributed by atoms with Crippen molar-refractivity contribution in [3.63, 3.8) is 0 Å². The lowest BCUT2D eigenvalue weighted by atomic mass is 10.0. The van der Waals surface area contributed by atoms with Crippen molar-refractivity contribution in [3.8, 4) is 17.2 Å². The average molecular weight is 438 g/mol. The lowest BCUT2D eigenvalue weighted by Crippen LogP contribution is -2.22. The maximum absolute atomic E-state index is 13.0. The van der Waals surface area contributed by atoms with Crippen molar-refractivity contribution < 1.29 is 19.4 Å². The minimum absolute atomic E-state index is 0.0991. The molecule has 1 fully saturated rings. The molecule has 2 aliphatic rings. The standard InChI is InChI=1S/C19H23N3O5S2/c1-26-12-7-10(8-13(27-2)16(12)24)17-15-18(20-14(23)9-29-17)22(21-19(15)25)11-3-5-28-6-4-11/h7-8,11,17,24H,3-6,9H2,1-2H3,(H,20,23)(H,21,25). The van der Waals surface area contributed by atoms with Crippen LogP contribution in [0.3, 0.4) is 0 Å². The van der Waals surface area contributed by atoms with Crippen molar-refractivity contribution in [1.82, 2.24) is 9.78 Å². The number of carbonyl (C=O) groups is 1. The number of phenolic OH excluding ortho intramolecular Hbond substituents is 1. The van der Waals surface area contributed by atoms with Gasteiger partial charge in [0.2, 0.25) is 11.7 Å². The van der Waals surface area contributed by atoms with Crippen LogP contribution in [0.2, 0.25) is 0 Å². The van der Waals surface area contributed by atoms with E-state index in [2.05, 4.69) is 10.4 Å². The van der Waals surface area contributed by atoms with Crippen molar-refractivity contribution in [2.24, 2.45) is 0 Å². The Morgan fingerprint density at radius 1 is 1.14 bits per heavy atom. The van der Waals surface area contributed by atoms with Crippen LogP contribution in [0.5, 0.6) is 17.2 Å². The van der Waals surface area contributed by atoms with E-state index in [1.807, 2.05) is 16.4 Å². The number of benzene rings is 1. The number of thioether (sulfide) groups is 2. The molecule has 4 rings (SSSR count). The van der Waals surface area contributed by atoms with Gasteiger partial charge in [0, 0.05) is 0 Å². The van der Waals surface area contributed by atoms with Crippen LogP contribution in [-0.4, -0.2) is 52.3 Å². The fraction of sp³-hybridized carbons (Fsp3) is 0.474. The molecule has 1 amide bonds. The van der Waals surface area contributed by atoms with Crippen molar-refractivity contribution in [3.05, 3.63) is 33.6 Å². The van der Waals surface area contributed by atoms with Crippen LogP contribution in [0.4, 0.5) is 5.82 Å². The average Bonchev–Trinajstić information content (AvgIpc) is 2.94. The quantitative estimate of drug-likeness (QED) is 0.675. The number of aromatic hydroxyl groups is 1. The highest BCUT2D eigenvalue weighted by Crippen LogP contribution is 2.46. The predicted molar refractivity (Wildman–Crippen MR) is 115 cm³/mol. The molecule has 10 heteroatoms. The molecule has 0 radical (unpaired) electrons. The molecule has 1 atom stereocenters. The first-order valence-electron chi connectivity index (χ1n) is 9.32. The number of aromatic nitrogens is 2. The fourth-order valence-electron chi connectivity index (χ4n) is 3.79. The van der Waals surface area contributed by atoms with Gasteiger partial charge in [-0.2, -0.15) is 11.8 Å². The number of carbonyl (C=O) groups excluding carboxylic acids is 1. The zero-order valence-corrected chi connectivity index (χ0v) is 17.8. The molecule has 0 bridgehead atoms. The van der Waals surface area contributed by atoms with E-state index in [-0.39, 0.29) is 40.5 Å². The first-order valence-corrected chi connectivity index (χ1v) is 11.5. The Labute approximate surface area is 176 Å². The molecule has 156 valence electrons. The number of rotatable bonds is 4. The van der Waals surface area contributed by atoms with Crippen molar-refractivity contribution >= 4 is 35.2 Å². The number of anilines is 1. The summed E-state index contributed by atoms with van der Waals surface area (Å²) in [5, 5.41) is 15.7. The summed E-state index contributed by atoms with van der Waals surface area (Å²) < 4.78 is 12.4. The van der Waals surface area contributed by atoms with Gasteiger partial charge in [0.05, 0.1) is 36.8 Å². The molecule has 0 aliphatic carbocycles. The number of H-pyrrole nitrogens is 1. The van der Waals surface area contributed by atoms with Gasteiger partial charge >= 0.3 is 0 Å². The van der Waals surface area contributed by atoms with Gasteiger partial charge in [0.15, 0.2) is 11.5 Å². The molecule has 1 aromatic heterocycles. The Morgan fingerprint density at radius 3 is 2.41 bits per heavy atom. The van der Waals surface area contributed by atoms with Crippen LogP contribution in [0.15, 0.2) is 16.9 Å². The van der Waals surface area contributed by atoms with Crippen LogP contribution in [0.1, 0.15) is 35.3 Å². The van der Waals surface area contributed by atoms with Gasteiger partial charge < -0.3 is 19.9 Å². The van der Waals surface area contributed by atoms with Gasteiger partial charge in [0.1, 0.15) is 5.82 Å². The first kappa shape index (κ1) is 20.1. The molecule has 1 aromatic carbocycles. The number of amides is 1. The Kier molecular flexibility index (Phi) is 5.73. The summed E-state index contributed by atoms with van der Waals surface area (Å²) in [6, 6.07) is 3.52. The Hall–Kier alpha value is -2.20. The number of nitrogens with one attached hydrogen (secondary N) is 2. The molecule has 1 unspecified atom stereocenters. The smallest absolute Gasteiger partial charge is 0.270 e. The topological polar surface area (TPSA) is 106 Å². The van der Waals surface area contributed by atoms with E-state index in [9.17, 15) is 14.7 Å².